The van der Waals surface area contributed by atoms with Crippen molar-refractivity contribution in [3.8, 4) is 0 Å². The van der Waals surface area contributed by atoms with Gasteiger partial charge in [-0.2, -0.15) is 0 Å². The lowest BCUT2D eigenvalue weighted by atomic mass is 9.90. The summed E-state index contributed by atoms with van der Waals surface area (Å²) in [4.78, 5) is 19.3. The summed E-state index contributed by atoms with van der Waals surface area (Å²) in [5.41, 5.74) is 2.91. The lowest BCUT2D eigenvalue weighted by Crippen LogP contribution is -2.10. The predicted octanol–water partition coefficient (Wildman–Crippen LogP) is 4.52. The van der Waals surface area contributed by atoms with Crippen LogP contribution in [0.15, 0.2) is 66.7 Å². The molecule has 3 aromatic carbocycles. The minimum absolute atomic E-state index is 0.0788. The molecule has 0 aliphatic heterocycles. The maximum absolute atomic E-state index is 11.4. The Morgan fingerprint density at radius 1 is 1.00 bits per heavy atom. The lowest BCUT2D eigenvalue weighted by molar-refractivity contribution is -0.137. The van der Waals surface area contributed by atoms with E-state index >= 15 is 0 Å². The molecule has 25 heavy (non-hydrogen) atoms. The highest BCUT2D eigenvalue weighted by molar-refractivity contribution is 5.83. The molecular weight excluding hydrogens is 312 g/mol. The Kier molecular flexibility index (Phi) is 3.94. The van der Waals surface area contributed by atoms with Gasteiger partial charge in [0.1, 0.15) is 5.82 Å². The van der Waals surface area contributed by atoms with E-state index in [-0.39, 0.29) is 12.3 Å². The van der Waals surface area contributed by atoms with Crippen molar-refractivity contribution in [1.29, 1.82) is 0 Å². The number of nitrogens with zero attached hydrogens (tertiary/aromatic N) is 1. The molecule has 0 spiro atoms. The molecule has 2 N–H and O–H groups in total. The number of H-pyrrole nitrogens is 1. The molecule has 0 aliphatic carbocycles. The highest BCUT2D eigenvalue weighted by Crippen LogP contribution is 2.27. The first kappa shape index (κ1) is 15.4. The van der Waals surface area contributed by atoms with Crippen molar-refractivity contribution >= 4 is 27.8 Å². The smallest absolute Gasteiger partial charge is 0.303 e. The van der Waals surface area contributed by atoms with Crippen LogP contribution in [0.5, 0.6) is 0 Å². The van der Waals surface area contributed by atoms with Crippen molar-refractivity contribution in [2.75, 3.05) is 0 Å². The van der Waals surface area contributed by atoms with E-state index in [2.05, 4.69) is 34.2 Å². The quantitative estimate of drug-likeness (QED) is 0.565. The predicted molar refractivity (Wildman–Crippen MR) is 98.7 cm³/mol. The number of carboxylic acids is 1. The number of nitrogens with one attached hydrogen (secondary N) is 1. The van der Waals surface area contributed by atoms with E-state index in [0.29, 0.717) is 6.42 Å². The third-order valence-corrected chi connectivity index (χ3v) is 4.54. The Hall–Kier alpha value is -3.14. The van der Waals surface area contributed by atoms with Gasteiger partial charge in [0.15, 0.2) is 0 Å². The zero-order chi connectivity index (χ0) is 17.2. The molecule has 1 atom stereocenters. The second-order valence-electron chi connectivity index (χ2n) is 6.31. The Labute approximate surface area is 145 Å². The van der Waals surface area contributed by atoms with Crippen molar-refractivity contribution in [3.05, 3.63) is 78.1 Å². The molecule has 4 heteroatoms. The topological polar surface area (TPSA) is 66.0 Å². The molecule has 4 nitrogen and oxygen atoms in total. The van der Waals surface area contributed by atoms with Crippen LogP contribution in [-0.2, 0) is 11.2 Å². The molecular formula is C21H18N2O2. The molecule has 4 rings (SSSR count). The van der Waals surface area contributed by atoms with Gasteiger partial charge < -0.3 is 10.1 Å². The maximum atomic E-state index is 11.4. The standard InChI is InChI=1S/C21H18N2O2/c24-21(25)13-17(12-20-22-18-7-3-4-8-19(18)23-20)16-10-9-14-5-1-2-6-15(14)11-16/h1-11,17H,12-13H2,(H,22,23)(H,24,25). The monoisotopic (exact) mass is 330 g/mol. The summed E-state index contributed by atoms with van der Waals surface area (Å²) < 4.78 is 0. The lowest BCUT2D eigenvalue weighted by Gasteiger charge is -2.15. The van der Waals surface area contributed by atoms with Crippen molar-refractivity contribution in [2.45, 2.75) is 18.8 Å². The van der Waals surface area contributed by atoms with Crippen LogP contribution in [-0.4, -0.2) is 21.0 Å². The second kappa shape index (κ2) is 6.40. The zero-order valence-electron chi connectivity index (χ0n) is 13.6. The third-order valence-electron chi connectivity index (χ3n) is 4.54. The summed E-state index contributed by atoms with van der Waals surface area (Å²) in [5, 5.41) is 11.6. The highest BCUT2D eigenvalue weighted by Gasteiger charge is 2.18. The largest absolute Gasteiger partial charge is 0.481 e. The van der Waals surface area contributed by atoms with E-state index < -0.39 is 5.97 Å². The summed E-state index contributed by atoms with van der Waals surface area (Å²) in [6.45, 7) is 0. The fraction of sp³-hybridized carbons (Fsp3) is 0.143. The minimum atomic E-state index is -0.797. The van der Waals surface area contributed by atoms with Gasteiger partial charge in [-0.25, -0.2) is 4.98 Å². The molecule has 0 amide bonds. The number of hydrogen-bond acceptors (Lipinski definition) is 2. The number of aromatic nitrogens is 2. The van der Waals surface area contributed by atoms with Crippen LogP contribution in [0.25, 0.3) is 21.8 Å². The van der Waals surface area contributed by atoms with Crippen LogP contribution in [0.1, 0.15) is 23.7 Å². The summed E-state index contributed by atoms with van der Waals surface area (Å²) in [6, 6.07) is 22.1. The normalized spacial score (nSPS) is 12.5. The first-order valence-corrected chi connectivity index (χ1v) is 8.33. The van der Waals surface area contributed by atoms with Crippen LogP contribution in [0.4, 0.5) is 0 Å². The average molecular weight is 330 g/mol. The molecule has 4 aromatic rings. The van der Waals surface area contributed by atoms with Gasteiger partial charge in [0, 0.05) is 12.3 Å². The molecule has 124 valence electrons. The summed E-state index contributed by atoms with van der Waals surface area (Å²) in [5.74, 6) is -0.0995. The van der Waals surface area contributed by atoms with Crippen LogP contribution < -0.4 is 0 Å². The molecule has 0 bridgehead atoms. The Morgan fingerprint density at radius 3 is 2.56 bits per heavy atom. The number of carboxylic acid groups (broad SMARTS) is 1. The zero-order valence-corrected chi connectivity index (χ0v) is 13.6. The van der Waals surface area contributed by atoms with Gasteiger partial charge in [-0.1, -0.05) is 54.6 Å². The Morgan fingerprint density at radius 2 is 1.76 bits per heavy atom. The maximum Gasteiger partial charge on any atom is 0.303 e. The van der Waals surface area contributed by atoms with Crippen LogP contribution >= 0.6 is 0 Å². The Bertz CT molecular complexity index is 1020. The van der Waals surface area contributed by atoms with Gasteiger partial charge in [0.25, 0.3) is 0 Å². The number of hydrogen-bond donors (Lipinski definition) is 2. The molecule has 0 saturated heterocycles. The first-order valence-electron chi connectivity index (χ1n) is 8.33. The molecule has 1 heterocycles. The van der Waals surface area contributed by atoms with E-state index in [9.17, 15) is 9.90 Å². The molecule has 0 saturated carbocycles. The van der Waals surface area contributed by atoms with Gasteiger partial charge in [0.2, 0.25) is 0 Å². The van der Waals surface area contributed by atoms with Gasteiger partial charge in [-0.3, -0.25) is 4.79 Å². The van der Waals surface area contributed by atoms with Crippen LogP contribution in [0, 0.1) is 0 Å². The van der Waals surface area contributed by atoms with E-state index in [1.54, 1.807) is 0 Å². The number of aromatic amines is 1. The number of fused-ring (bicyclic) bond motifs is 2. The van der Waals surface area contributed by atoms with Gasteiger partial charge in [-0.15, -0.1) is 0 Å². The third kappa shape index (κ3) is 3.24. The molecule has 0 aliphatic rings. The summed E-state index contributed by atoms with van der Waals surface area (Å²) in [6.07, 6.45) is 0.648. The first-order chi connectivity index (χ1) is 12.2. The molecule has 0 radical (unpaired) electrons. The fourth-order valence-electron chi connectivity index (χ4n) is 3.32. The number of aliphatic carboxylic acids is 1. The van der Waals surface area contributed by atoms with Crippen LogP contribution in [0.3, 0.4) is 0 Å². The van der Waals surface area contributed by atoms with Crippen LogP contribution in [0.2, 0.25) is 0 Å². The van der Waals surface area contributed by atoms with Gasteiger partial charge in [-0.05, 0) is 28.5 Å². The van der Waals surface area contributed by atoms with Crippen molar-refractivity contribution < 1.29 is 9.90 Å². The van der Waals surface area contributed by atoms with E-state index in [1.807, 2.05) is 42.5 Å². The molecule has 1 aromatic heterocycles. The SMILES string of the molecule is O=C(O)CC(Cc1nc2ccccc2[nH]1)c1ccc2ccccc2c1. The summed E-state index contributed by atoms with van der Waals surface area (Å²) in [7, 11) is 0. The van der Waals surface area contributed by atoms with E-state index in [4.69, 9.17) is 0 Å². The Balaban J connectivity index is 1.69. The number of imidazole rings is 1. The van der Waals surface area contributed by atoms with E-state index in [0.717, 1.165) is 33.2 Å². The highest BCUT2D eigenvalue weighted by atomic mass is 16.4. The van der Waals surface area contributed by atoms with Crippen molar-refractivity contribution in [2.24, 2.45) is 0 Å². The number of carbonyl (C=O) groups is 1. The average Bonchev–Trinajstić information content (AvgIpc) is 3.03. The molecule has 1 unspecified atom stereocenters. The van der Waals surface area contributed by atoms with Crippen molar-refractivity contribution in [3.63, 3.8) is 0 Å². The summed E-state index contributed by atoms with van der Waals surface area (Å²) >= 11 is 0. The molecule has 0 fully saturated rings. The number of rotatable bonds is 5. The second-order valence-corrected chi connectivity index (χ2v) is 6.31. The van der Waals surface area contributed by atoms with Crippen molar-refractivity contribution in [1.82, 2.24) is 9.97 Å². The minimum Gasteiger partial charge on any atom is -0.481 e. The number of benzene rings is 3. The van der Waals surface area contributed by atoms with Gasteiger partial charge >= 0.3 is 5.97 Å². The van der Waals surface area contributed by atoms with Gasteiger partial charge in [0.05, 0.1) is 17.5 Å². The fourth-order valence-corrected chi connectivity index (χ4v) is 3.32. The number of para-hydroxylation sites is 2. The van der Waals surface area contributed by atoms with E-state index in [1.165, 1.54) is 0 Å².